The van der Waals surface area contributed by atoms with Gasteiger partial charge in [0.15, 0.2) is 4.34 Å². The van der Waals surface area contributed by atoms with Crippen molar-refractivity contribution in [1.29, 1.82) is 0 Å². The average Bonchev–Trinajstić information content (AvgIpc) is 3.07. The lowest BCUT2D eigenvalue weighted by atomic mass is 10.3. The van der Waals surface area contributed by atoms with Crippen LogP contribution in [0, 0.1) is 0 Å². The quantitative estimate of drug-likeness (QED) is 0.722. The molecule has 0 aliphatic carbocycles. The van der Waals surface area contributed by atoms with Gasteiger partial charge in [-0.25, -0.2) is 0 Å². The minimum Gasteiger partial charge on any atom is -0.358 e. The lowest BCUT2D eigenvalue weighted by Crippen LogP contribution is -2.27. The normalized spacial score (nSPS) is 10.8. The molecule has 2 aromatic rings. The Labute approximate surface area is 136 Å². The SMILES string of the molecule is CC(C)Nc1nnc(SCC(=O)NCCc2cccs2)s1. The number of thiophene rings is 1. The molecule has 2 N–H and O–H groups in total. The van der Waals surface area contributed by atoms with Crippen molar-refractivity contribution in [1.82, 2.24) is 15.5 Å². The van der Waals surface area contributed by atoms with E-state index in [1.807, 2.05) is 11.4 Å². The third-order valence-electron chi connectivity index (χ3n) is 2.42. The molecule has 0 saturated heterocycles. The van der Waals surface area contributed by atoms with E-state index < -0.39 is 0 Å². The van der Waals surface area contributed by atoms with Crippen molar-refractivity contribution in [2.75, 3.05) is 17.6 Å². The van der Waals surface area contributed by atoms with Gasteiger partial charge in [0, 0.05) is 17.5 Å². The highest BCUT2D eigenvalue weighted by molar-refractivity contribution is 8.01. The second kappa shape index (κ2) is 8.35. The number of amides is 1. The van der Waals surface area contributed by atoms with Crippen molar-refractivity contribution in [3.63, 3.8) is 0 Å². The van der Waals surface area contributed by atoms with Gasteiger partial charge in [-0.2, -0.15) is 0 Å². The third kappa shape index (κ3) is 6.03. The second-order valence-corrected chi connectivity index (χ2v) is 7.87. The number of carbonyl (C=O) groups excluding carboxylic acids is 1. The maximum Gasteiger partial charge on any atom is 0.230 e. The van der Waals surface area contributed by atoms with E-state index in [4.69, 9.17) is 0 Å². The smallest absolute Gasteiger partial charge is 0.230 e. The van der Waals surface area contributed by atoms with Gasteiger partial charge < -0.3 is 10.6 Å². The van der Waals surface area contributed by atoms with Crippen LogP contribution in [0.4, 0.5) is 5.13 Å². The first-order valence-electron chi connectivity index (χ1n) is 6.65. The van der Waals surface area contributed by atoms with Crippen molar-refractivity contribution in [3.05, 3.63) is 22.4 Å². The van der Waals surface area contributed by atoms with Gasteiger partial charge >= 0.3 is 0 Å². The minimum atomic E-state index is 0.0325. The molecule has 0 aromatic carbocycles. The molecule has 5 nitrogen and oxygen atoms in total. The van der Waals surface area contributed by atoms with Crippen LogP contribution in [0.5, 0.6) is 0 Å². The van der Waals surface area contributed by atoms with E-state index in [0.717, 1.165) is 15.9 Å². The summed E-state index contributed by atoms with van der Waals surface area (Å²) in [4.78, 5) is 13.0. The Kier molecular flexibility index (Phi) is 6.47. The maximum atomic E-state index is 11.7. The summed E-state index contributed by atoms with van der Waals surface area (Å²) in [5, 5.41) is 17.0. The fourth-order valence-corrected chi connectivity index (χ4v) is 3.97. The summed E-state index contributed by atoms with van der Waals surface area (Å²) in [5.74, 6) is 0.408. The van der Waals surface area contributed by atoms with Crippen molar-refractivity contribution >= 4 is 45.5 Å². The van der Waals surface area contributed by atoms with E-state index in [0.29, 0.717) is 18.3 Å². The number of thioether (sulfide) groups is 1. The predicted octanol–water partition coefficient (Wildman–Crippen LogP) is 2.87. The molecule has 8 heteroatoms. The largest absolute Gasteiger partial charge is 0.358 e. The summed E-state index contributed by atoms with van der Waals surface area (Å²) >= 11 is 4.61. The first-order valence-corrected chi connectivity index (χ1v) is 9.33. The van der Waals surface area contributed by atoms with E-state index in [1.165, 1.54) is 28.0 Å². The Hall–Kier alpha value is -1.12. The van der Waals surface area contributed by atoms with Gasteiger partial charge in [0.2, 0.25) is 11.0 Å². The zero-order valence-electron chi connectivity index (χ0n) is 12.0. The van der Waals surface area contributed by atoms with Crippen LogP contribution in [0.15, 0.2) is 21.9 Å². The fourth-order valence-electron chi connectivity index (χ4n) is 1.53. The van der Waals surface area contributed by atoms with Crippen LogP contribution in [0.1, 0.15) is 18.7 Å². The lowest BCUT2D eigenvalue weighted by molar-refractivity contribution is -0.118. The average molecular weight is 343 g/mol. The summed E-state index contributed by atoms with van der Waals surface area (Å²) in [6.45, 7) is 4.78. The van der Waals surface area contributed by atoms with Gasteiger partial charge in [-0.05, 0) is 31.7 Å². The Balaban J connectivity index is 1.65. The van der Waals surface area contributed by atoms with E-state index in [-0.39, 0.29) is 5.91 Å². The van der Waals surface area contributed by atoms with Crippen molar-refractivity contribution in [2.45, 2.75) is 30.6 Å². The number of hydrogen-bond acceptors (Lipinski definition) is 7. The van der Waals surface area contributed by atoms with Crippen LogP contribution in [0.2, 0.25) is 0 Å². The van der Waals surface area contributed by atoms with Crippen LogP contribution >= 0.6 is 34.4 Å². The van der Waals surface area contributed by atoms with Crippen LogP contribution in [0.25, 0.3) is 0 Å². The van der Waals surface area contributed by atoms with Crippen molar-refractivity contribution in [2.24, 2.45) is 0 Å². The lowest BCUT2D eigenvalue weighted by Gasteiger charge is -2.03. The Morgan fingerprint density at radius 1 is 1.43 bits per heavy atom. The van der Waals surface area contributed by atoms with Crippen molar-refractivity contribution in [3.8, 4) is 0 Å². The zero-order chi connectivity index (χ0) is 15.1. The molecular weight excluding hydrogens is 324 g/mol. The van der Waals surface area contributed by atoms with Crippen LogP contribution in [-0.2, 0) is 11.2 Å². The van der Waals surface area contributed by atoms with Gasteiger partial charge in [-0.15, -0.1) is 21.5 Å². The number of nitrogens with one attached hydrogen (secondary N) is 2. The number of rotatable bonds is 8. The molecule has 21 heavy (non-hydrogen) atoms. The molecule has 2 heterocycles. The molecule has 0 aliphatic heterocycles. The molecular formula is C13H18N4OS3. The summed E-state index contributed by atoms with van der Waals surface area (Å²) < 4.78 is 0.812. The standard InChI is InChI=1S/C13H18N4OS3/c1-9(2)15-12-16-17-13(21-12)20-8-11(18)14-6-5-10-4-3-7-19-10/h3-4,7,9H,5-6,8H2,1-2H3,(H,14,18)(H,15,16). The van der Waals surface area contributed by atoms with Crippen LogP contribution in [0.3, 0.4) is 0 Å². The first kappa shape index (κ1) is 16.3. The molecule has 0 atom stereocenters. The topological polar surface area (TPSA) is 66.9 Å². The van der Waals surface area contributed by atoms with Gasteiger partial charge in [0.25, 0.3) is 0 Å². The fraction of sp³-hybridized carbons (Fsp3) is 0.462. The highest BCUT2D eigenvalue weighted by atomic mass is 32.2. The van der Waals surface area contributed by atoms with E-state index >= 15 is 0 Å². The monoisotopic (exact) mass is 342 g/mol. The van der Waals surface area contributed by atoms with Crippen LogP contribution in [-0.4, -0.2) is 34.4 Å². The first-order chi connectivity index (χ1) is 10.1. The molecule has 2 aromatic heterocycles. The Morgan fingerprint density at radius 3 is 3.00 bits per heavy atom. The molecule has 0 saturated carbocycles. The molecule has 114 valence electrons. The van der Waals surface area contributed by atoms with Gasteiger partial charge in [-0.1, -0.05) is 29.2 Å². The molecule has 0 radical (unpaired) electrons. The summed E-state index contributed by atoms with van der Waals surface area (Å²) in [6.07, 6.45) is 0.884. The maximum absolute atomic E-state index is 11.7. The van der Waals surface area contributed by atoms with Crippen LogP contribution < -0.4 is 10.6 Å². The van der Waals surface area contributed by atoms with E-state index in [9.17, 15) is 4.79 Å². The number of aromatic nitrogens is 2. The summed E-state index contributed by atoms with van der Waals surface area (Å²) in [5.41, 5.74) is 0. The predicted molar refractivity (Wildman–Crippen MR) is 90.4 cm³/mol. The molecule has 0 spiro atoms. The molecule has 0 aliphatic rings. The number of anilines is 1. The van der Waals surface area contributed by atoms with Gasteiger partial charge in [-0.3, -0.25) is 4.79 Å². The highest BCUT2D eigenvalue weighted by Crippen LogP contribution is 2.25. The second-order valence-electron chi connectivity index (χ2n) is 4.64. The minimum absolute atomic E-state index is 0.0325. The Morgan fingerprint density at radius 2 is 2.29 bits per heavy atom. The van der Waals surface area contributed by atoms with E-state index in [2.05, 4.69) is 40.7 Å². The molecule has 2 rings (SSSR count). The van der Waals surface area contributed by atoms with Gasteiger partial charge in [0.05, 0.1) is 5.75 Å². The van der Waals surface area contributed by atoms with Gasteiger partial charge in [0.1, 0.15) is 0 Å². The zero-order valence-corrected chi connectivity index (χ0v) is 14.4. The summed E-state index contributed by atoms with van der Waals surface area (Å²) in [7, 11) is 0. The third-order valence-corrected chi connectivity index (χ3v) is 5.34. The molecule has 0 bridgehead atoms. The molecule has 1 amide bonds. The number of carbonyl (C=O) groups is 1. The van der Waals surface area contributed by atoms with Crippen molar-refractivity contribution < 1.29 is 4.79 Å². The summed E-state index contributed by atoms with van der Waals surface area (Å²) in [6, 6.07) is 4.43. The number of hydrogen-bond donors (Lipinski definition) is 2. The molecule has 0 unspecified atom stereocenters. The Bertz CT molecular complexity index is 554. The molecule has 0 fully saturated rings. The highest BCUT2D eigenvalue weighted by Gasteiger charge is 2.08. The van der Waals surface area contributed by atoms with E-state index in [1.54, 1.807) is 11.3 Å². The number of nitrogens with zero attached hydrogens (tertiary/aromatic N) is 2.